The second-order valence-corrected chi connectivity index (χ2v) is 7.72. The Hall–Kier alpha value is -2.73. The number of nitrogens with zero attached hydrogens (tertiary/aromatic N) is 2. The zero-order valence-corrected chi connectivity index (χ0v) is 16.5. The predicted molar refractivity (Wildman–Crippen MR) is 104 cm³/mol. The van der Waals surface area contributed by atoms with Gasteiger partial charge < -0.3 is 9.52 Å². The van der Waals surface area contributed by atoms with Crippen LogP contribution in [0.1, 0.15) is 18.9 Å². The van der Waals surface area contributed by atoms with Crippen LogP contribution in [0.25, 0.3) is 21.4 Å². The average molecular weight is 439 g/mol. The Bertz CT molecular complexity index is 1160. The third-order valence-corrected chi connectivity index (χ3v) is 5.78. The standard InChI is InChI=1S/C19H17F3N4O3S/c1-2-18(28,19(20,21)22)16-10-26(25-24-16)9-11-3-4-12-13(15-5-6-23-30-15)8-17(27)29-14(12)7-11/h3-8,10,24-25,28H,2,9H2,1H3/p+1. The number of benzene rings is 1. The van der Waals surface area contributed by atoms with Gasteiger partial charge in [0.25, 0.3) is 0 Å². The van der Waals surface area contributed by atoms with Crippen molar-refractivity contribution in [2.24, 2.45) is 0 Å². The highest BCUT2D eigenvalue weighted by Crippen LogP contribution is 2.37. The molecule has 3 heterocycles. The molecule has 1 atom stereocenters. The van der Waals surface area contributed by atoms with E-state index in [0.717, 1.165) is 15.7 Å². The third kappa shape index (κ3) is 3.60. The number of aromatic nitrogens is 1. The molecule has 1 aliphatic heterocycles. The molecule has 0 aliphatic carbocycles. The lowest BCUT2D eigenvalue weighted by atomic mass is 9.96. The Balaban J connectivity index is 1.63. The number of alkyl halides is 3. The van der Waals surface area contributed by atoms with Crippen LogP contribution in [0.4, 0.5) is 13.2 Å². The van der Waals surface area contributed by atoms with Crippen LogP contribution in [0.5, 0.6) is 0 Å². The molecule has 1 aliphatic rings. The summed E-state index contributed by atoms with van der Waals surface area (Å²) in [5.74, 6) is 0. The van der Waals surface area contributed by atoms with Crippen molar-refractivity contribution in [3.05, 3.63) is 64.4 Å². The van der Waals surface area contributed by atoms with Crippen molar-refractivity contribution in [3.8, 4) is 10.4 Å². The van der Waals surface area contributed by atoms with E-state index in [1.54, 1.807) is 30.5 Å². The number of aliphatic hydroxyl groups is 1. The van der Waals surface area contributed by atoms with Crippen LogP contribution >= 0.6 is 11.5 Å². The fourth-order valence-corrected chi connectivity index (χ4v) is 3.97. The second-order valence-electron chi connectivity index (χ2n) is 6.88. The normalized spacial score (nSPS) is 16.7. The molecule has 0 radical (unpaired) electrons. The zero-order valence-electron chi connectivity index (χ0n) is 15.7. The van der Waals surface area contributed by atoms with Gasteiger partial charge in [-0.05, 0) is 35.6 Å². The minimum Gasteiger partial charge on any atom is -0.423 e. The van der Waals surface area contributed by atoms with Crippen molar-refractivity contribution in [2.45, 2.75) is 31.7 Å². The third-order valence-electron chi connectivity index (χ3n) is 5.00. The Kier molecular flexibility index (Phi) is 5.14. The lowest BCUT2D eigenvalue weighted by Gasteiger charge is -2.26. The van der Waals surface area contributed by atoms with E-state index in [2.05, 4.69) is 9.91 Å². The summed E-state index contributed by atoms with van der Waals surface area (Å²) >= 11 is 1.26. The maximum Gasteiger partial charge on any atom is 0.426 e. The number of rotatable bonds is 5. The lowest BCUT2D eigenvalue weighted by Crippen LogP contribution is -2.93. The van der Waals surface area contributed by atoms with E-state index in [-0.39, 0.29) is 12.2 Å². The Labute approximate surface area is 172 Å². The van der Waals surface area contributed by atoms with Crippen molar-refractivity contribution in [1.29, 1.82) is 0 Å². The summed E-state index contributed by atoms with van der Waals surface area (Å²) in [6, 6.07) is 8.48. The molecule has 4 N–H and O–H groups in total. The molecule has 11 heteroatoms. The highest BCUT2D eigenvalue weighted by molar-refractivity contribution is 7.09. The van der Waals surface area contributed by atoms with Gasteiger partial charge in [-0.2, -0.15) is 13.2 Å². The first-order valence-electron chi connectivity index (χ1n) is 9.06. The van der Waals surface area contributed by atoms with E-state index in [9.17, 15) is 23.1 Å². The van der Waals surface area contributed by atoms with E-state index in [1.807, 2.05) is 0 Å². The first-order chi connectivity index (χ1) is 14.2. The number of hydrazine groups is 1. The number of quaternary nitrogens is 1. The highest BCUT2D eigenvalue weighted by atomic mass is 32.1. The summed E-state index contributed by atoms with van der Waals surface area (Å²) < 4.78 is 49.2. The van der Waals surface area contributed by atoms with Crippen LogP contribution < -0.4 is 16.6 Å². The van der Waals surface area contributed by atoms with Crippen LogP contribution in [0.2, 0.25) is 0 Å². The van der Waals surface area contributed by atoms with Gasteiger partial charge in [0.05, 0.1) is 17.6 Å². The molecule has 1 unspecified atom stereocenters. The van der Waals surface area contributed by atoms with Crippen molar-refractivity contribution in [2.75, 3.05) is 0 Å². The smallest absolute Gasteiger partial charge is 0.423 e. The van der Waals surface area contributed by atoms with Gasteiger partial charge in [-0.1, -0.05) is 24.6 Å². The molecule has 0 saturated carbocycles. The highest BCUT2D eigenvalue weighted by Gasteiger charge is 2.59. The first-order valence-corrected chi connectivity index (χ1v) is 9.84. The fourth-order valence-electron chi connectivity index (χ4n) is 3.34. The quantitative estimate of drug-likeness (QED) is 0.417. The van der Waals surface area contributed by atoms with Gasteiger partial charge in [-0.25, -0.2) is 14.6 Å². The SMILES string of the molecule is CCC(O)(C1=CN(Cc2ccc3c(-c4ccns4)cc(=O)oc3c2)N[NH2+]1)C(F)(F)F. The van der Waals surface area contributed by atoms with Gasteiger partial charge in [0.15, 0.2) is 5.70 Å². The molecule has 7 nitrogen and oxygen atoms in total. The van der Waals surface area contributed by atoms with E-state index in [4.69, 9.17) is 4.42 Å². The van der Waals surface area contributed by atoms with Crippen molar-refractivity contribution in [1.82, 2.24) is 14.9 Å². The zero-order chi connectivity index (χ0) is 21.5. The minimum absolute atomic E-state index is 0.197. The second kappa shape index (κ2) is 7.51. The molecule has 0 saturated heterocycles. The molecule has 30 heavy (non-hydrogen) atoms. The lowest BCUT2D eigenvalue weighted by molar-refractivity contribution is -0.689. The van der Waals surface area contributed by atoms with Gasteiger partial charge in [-0.15, -0.1) is 0 Å². The number of hydrogen-bond acceptors (Lipinski definition) is 7. The summed E-state index contributed by atoms with van der Waals surface area (Å²) in [5, 5.41) is 12.2. The first kappa shape index (κ1) is 20.5. The van der Waals surface area contributed by atoms with Gasteiger partial charge in [-0.3, -0.25) is 5.01 Å². The van der Waals surface area contributed by atoms with E-state index in [1.165, 1.54) is 35.7 Å². The fraction of sp³-hybridized carbons (Fsp3) is 0.263. The molecule has 1 aromatic carbocycles. The van der Waals surface area contributed by atoms with Crippen molar-refractivity contribution >= 4 is 22.5 Å². The largest absolute Gasteiger partial charge is 0.426 e. The number of fused-ring (bicyclic) bond motifs is 1. The monoisotopic (exact) mass is 439 g/mol. The van der Waals surface area contributed by atoms with E-state index >= 15 is 0 Å². The summed E-state index contributed by atoms with van der Waals surface area (Å²) in [6.07, 6.45) is -2.42. The minimum atomic E-state index is -4.79. The van der Waals surface area contributed by atoms with Gasteiger partial charge >= 0.3 is 11.8 Å². The predicted octanol–water partition coefficient (Wildman–Crippen LogP) is 2.26. The molecule has 158 valence electrons. The molecular formula is C19H18F3N4O3S+. The maximum atomic E-state index is 13.3. The molecule has 0 amide bonds. The summed E-state index contributed by atoms with van der Waals surface area (Å²) in [6.45, 7) is 1.47. The van der Waals surface area contributed by atoms with E-state index in [0.29, 0.717) is 16.7 Å². The maximum absolute atomic E-state index is 13.3. The van der Waals surface area contributed by atoms with Gasteiger partial charge in [0, 0.05) is 23.2 Å². The average Bonchev–Trinajstić information content (AvgIpc) is 3.38. The van der Waals surface area contributed by atoms with E-state index < -0.39 is 23.8 Å². The Morgan fingerprint density at radius 1 is 1.30 bits per heavy atom. The molecule has 4 rings (SSSR count). The number of nitrogens with one attached hydrogen (secondary N) is 1. The van der Waals surface area contributed by atoms with Crippen LogP contribution in [-0.2, 0) is 6.54 Å². The Morgan fingerprint density at radius 3 is 2.77 bits per heavy atom. The van der Waals surface area contributed by atoms with Gasteiger partial charge in [0.2, 0.25) is 5.60 Å². The molecule has 0 fully saturated rings. The Morgan fingerprint density at radius 2 is 2.10 bits per heavy atom. The summed E-state index contributed by atoms with van der Waals surface area (Å²) in [5.41, 5.74) is 1.95. The van der Waals surface area contributed by atoms with Crippen LogP contribution in [0.15, 0.2) is 57.6 Å². The van der Waals surface area contributed by atoms with Crippen molar-refractivity contribution < 1.29 is 28.1 Å². The molecular weight excluding hydrogens is 421 g/mol. The molecule has 0 bridgehead atoms. The molecule has 3 aromatic rings. The van der Waals surface area contributed by atoms with Crippen LogP contribution in [-0.4, -0.2) is 26.3 Å². The molecule has 2 aromatic heterocycles. The number of halogens is 3. The molecule has 0 spiro atoms. The summed E-state index contributed by atoms with van der Waals surface area (Å²) in [4.78, 5) is 12.8. The number of hydrogen-bond donors (Lipinski definition) is 3. The van der Waals surface area contributed by atoms with Gasteiger partial charge in [0.1, 0.15) is 5.58 Å². The van der Waals surface area contributed by atoms with Crippen molar-refractivity contribution in [3.63, 3.8) is 0 Å². The number of nitrogens with two attached hydrogens (primary N) is 1. The van der Waals surface area contributed by atoms with Crippen LogP contribution in [0, 0.1) is 0 Å². The summed E-state index contributed by atoms with van der Waals surface area (Å²) in [7, 11) is 0. The van der Waals surface area contributed by atoms with Crippen LogP contribution in [0.3, 0.4) is 0 Å². The topological polar surface area (TPSA) is 95.2 Å².